The van der Waals surface area contributed by atoms with E-state index in [-0.39, 0.29) is 4.90 Å². The van der Waals surface area contributed by atoms with Crippen LogP contribution >= 0.6 is 11.3 Å². The Morgan fingerprint density at radius 3 is 2.34 bits per heavy atom. The van der Waals surface area contributed by atoms with Crippen molar-refractivity contribution in [2.45, 2.75) is 24.8 Å². The smallest absolute Gasteiger partial charge is 0.279 e. The lowest BCUT2D eigenvalue weighted by atomic mass is 10.2. The Kier molecular flexibility index (Phi) is 6.06. The number of carbonyl (C=O) groups is 1. The van der Waals surface area contributed by atoms with E-state index in [9.17, 15) is 13.2 Å². The van der Waals surface area contributed by atoms with Crippen LogP contribution in [-0.4, -0.2) is 33.1 Å². The number of aromatic nitrogens is 1. The lowest BCUT2D eigenvalue weighted by Gasteiger charge is -2.06. The summed E-state index contributed by atoms with van der Waals surface area (Å²) in [4.78, 5) is 17.6. The topological polar surface area (TPSA) is 113 Å². The Hall–Kier alpha value is -2.69. The molecule has 0 aliphatic heterocycles. The molecule has 0 saturated carbocycles. The summed E-state index contributed by atoms with van der Waals surface area (Å²) in [6.45, 7) is 2.63. The average molecular weight is 436 g/mol. The number of nitrogens with zero attached hydrogens (tertiary/aromatic N) is 2. The van der Waals surface area contributed by atoms with E-state index >= 15 is 0 Å². The van der Waals surface area contributed by atoms with E-state index in [4.69, 9.17) is 14.6 Å². The van der Waals surface area contributed by atoms with Crippen molar-refractivity contribution in [1.82, 2.24) is 4.57 Å². The maximum absolute atomic E-state index is 12.8. The molecule has 0 spiro atoms. The summed E-state index contributed by atoms with van der Waals surface area (Å²) in [5, 5.41) is 5.23. The number of amides is 1. The number of aryl methyl sites for hydroxylation is 1. The molecule has 2 N–H and O–H groups in total. The number of methoxy groups -OCH3 is 2. The summed E-state index contributed by atoms with van der Waals surface area (Å²) in [6, 6.07) is 9.48. The number of hydrogen-bond donors (Lipinski definition) is 1. The van der Waals surface area contributed by atoms with E-state index < -0.39 is 15.9 Å². The van der Waals surface area contributed by atoms with Crippen LogP contribution in [0.1, 0.15) is 23.7 Å². The lowest BCUT2D eigenvalue weighted by Crippen LogP contribution is -2.17. The third-order valence-electron chi connectivity index (χ3n) is 4.23. The molecule has 1 aromatic heterocycles. The monoisotopic (exact) mass is 435 g/mol. The van der Waals surface area contributed by atoms with Crippen molar-refractivity contribution in [2.24, 2.45) is 10.1 Å². The van der Waals surface area contributed by atoms with Crippen LogP contribution in [0.2, 0.25) is 0 Å². The largest absolute Gasteiger partial charge is 0.497 e. The fraction of sp³-hybridized carbons (Fsp3) is 0.263. The zero-order valence-corrected chi connectivity index (χ0v) is 17.8. The number of rotatable bonds is 6. The molecule has 1 amide bonds. The maximum atomic E-state index is 12.8. The SMILES string of the molecule is CCCn1c(=NC(=O)c2cc(OC)cc(OC)c2)sc2cc(S(N)(=O)=O)ccc21. The van der Waals surface area contributed by atoms with Crippen LogP contribution in [0, 0.1) is 0 Å². The molecule has 0 aliphatic carbocycles. The van der Waals surface area contributed by atoms with Gasteiger partial charge < -0.3 is 14.0 Å². The molecule has 154 valence electrons. The van der Waals surface area contributed by atoms with Crippen LogP contribution in [0.5, 0.6) is 11.5 Å². The molecule has 0 atom stereocenters. The minimum absolute atomic E-state index is 0.0188. The predicted octanol–water partition coefficient (Wildman–Crippen LogP) is 2.52. The third-order valence-corrected chi connectivity index (χ3v) is 6.18. The standard InChI is InChI=1S/C19H21N3O5S2/c1-4-7-22-16-6-5-15(29(20,24)25)11-17(16)28-19(22)21-18(23)12-8-13(26-2)10-14(9-12)27-3/h5-6,8-11H,4,7H2,1-3H3,(H2,20,24,25). The predicted molar refractivity (Wildman–Crippen MR) is 111 cm³/mol. The molecule has 3 rings (SSSR count). The summed E-state index contributed by atoms with van der Waals surface area (Å²) in [5.41, 5.74) is 1.12. The molecule has 0 fully saturated rings. The molecule has 0 unspecified atom stereocenters. The molecule has 1 heterocycles. The van der Waals surface area contributed by atoms with E-state index in [1.165, 1.54) is 37.7 Å². The van der Waals surface area contributed by atoms with E-state index in [1.807, 2.05) is 11.5 Å². The van der Waals surface area contributed by atoms with Crippen molar-refractivity contribution in [2.75, 3.05) is 14.2 Å². The molecule has 10 heteroatoms. The Balaban J connectivity index is 2.16. The van der Waals surface area contributed by atoms with Crippen molar-refractivity contribution in [1.29, 1.82) is 0 Å². The highest BCUT2D eigenvalue weighted by Crippen LogP contribution is 2.24. The van der Waals surface area contributed by atoms with Gasteiger partial charge in [0.25, 0.3) is 5.91 Å². The van der Waals surface area contributed by atoms with Gasteiger partial charge >= 0.3 is 0 Å². The molecular weight excluding hydrogens is 414 g/mol. The van der Waals surface area contributed by atoms with Crippen LogP contribution < -0.4 is 19.4 Å². The summed E-state index contributed by atoms with van der Waals surface area (Å²) < 4.78 is 36.3. The van der Waals surface area contributed by atoms with Crippen LogP contribution in [0.15, 0.2) is 46.3 Å². The number of carbonyl (C=O) groups excluding carboxylic acids is 1. The highest BCUT2D eigenvalue weighted by Gasteiger charge is 2.14. The highest BCUT2D eigenvalue weighted by atomic mass is 32.2. The van der Waals surface area contributed by atoms with Gasteiger partial charge in [-0.25, -0.2) is 13.6 Å². The number of nitrogens with two attached hydrogens (primary N) is 1. The van der Waals surface area contributed by atoms with E-state index in [1.54, 1.807) is 24.3 Å². The summed E-state index contributed by atoms with van der Waals surface area (Å²) in [5.74, 6) is 0.516. The zero-order valence-electron chi connectivity index (χ0n) is 16.2. The second kappa shape index (κ2) is 8.36. The molecule has 8 nitrogen and oxygen atoms in total. The fourth-order valence-corrected chi connectivity index (χ4v) is 4.55. The highest BCUT2D eigenvalue weighted by molar-refractivity contribution is 7.89. The molecule has 29 heavy (non-hydrogen) atoms. The normalized spacial score (nSPS) is 12.3. The molecular formula is C19H21N3O5S2. The van der Waals surface area contributed by atoms with Gasteiger partial charge in [0.2, 0.25) is 10.0 Å². The van der Waals surface area contributed by atoms with Gasteiger partial charge in [-0.15, -0.1) is 0 Å². The van der Waals surface area contributed by atoms with Crippen molar-refractivity contribution in [3.05, 3.63) is 46.8 Å². The van der Waals surface area contributed by atoms with Crippen molar-refractivity contribution < 1.29 is 22.7 Å². The number of hydrogen-bond acceptors (Lipinski definition) is 6. The van der Waals surface area contributed by atoms with Gasteiger partial charge in [0.15, 0.2) is 4.80 Å². The van der Waals surface area contributed by atoms with E-state index in [0.29, 0.717) is 33.1 Å². The van der Waals surface area contributed by atoms with Gasteiger partial charge in [-0.1, -0.05) is 18.3 Å². The first kappa shape index (κ1) is 21.0. The Morgan fingerprint density at radius 1 is 1.14 bits per heavy atom. The summed E-state index contributed by atoms with van der Waals surface area (Å²) in [7, 11) is -0.811. The van der Waals surface area contributed by atoms with Gasteiger partial charge in [-0.3, -0.25) is 4.79 Å². The first-order chi connectivity index (χ1) is 13.8. The second-order valence-corrected chi connectivity index (χ2v) is 8.80. The maximum Gasteiger partial charge on any atom is 0.279 e. The molecule has 0 bridgehead atoms. The third kappa shape index (κ3) is 4.50. The molecule has 3 aromatic rings. The number of fused-ring (bicyclic) bond motifs is 1. The van der Waals surface area contributed by atoms with Crippen molar-refractivity contribution in [3.8, 4) is 11.5 Å². The Bertz CT molecular complexity index is 1220. The minimum Gasteiger partial charge on any atom is -0.497 e. The summed E-state index contributed by atoms with van der Waals surface area (Å²) in [6.07, 6.45) is 0.817. The van der Waals surface area contributed by atoms with Gasteiger partial charge in [-0.05, 0) is 36.8 Å². The minimum atomic E-state index is -3.82. The van der Waals surface area contributed by atoms with Crippen LogP contribution in [-0.2, 0) is 16.6 Å². The summed E-state index contributed by atoms with van der Waals surface area (Å²) >= 11 is 1.23. The van der Waals surface area contributed by atoms with Crippen LogP contribution in [0.4, 0.5) is 0 Å². The Labute approximate surface area is 172 Å². The van der Waals surface area contributed by atoms with Crippen molar-refractivity contribution >= 4 is 37.5 Å². The van der Waals surface area contributed by atoms with Crippen molar-refractivity contribution in [3.63, 3.8) is 0 Å². The number of thiazole rings is 1. The second-order valence-electron chi connectivity index (χ2n) is 6.23. The molecule has 0 saturated heterocycles. The van der Waals surface area contributed by atoms with E-state index in [0.717, 1.165) is 11.9 Å². The zero-order chi connectivity index (χ0) is 21.2. The van der Waals surface area contributed by atoms with E-state index in [2.05, 4.69) is 4.99 Å². The first-order valence-electron chi connectivity index (χ1n) is 8.75. The molecule has 0 aliphatic rings. The quantitative estimate of drug-likeness (QED) is 0.639. The van der Waals surface area contributed by atoms with Gasteiger partial charge in [0.1, 0.15) is 11.5 Å². The average Bonchev–Trinajstić information content (AvgIpc) is 3.03. The van der Waals surface area contributed by atoms with Gasteiger partial charge in [-0.2, -0.15) is 4.99 Å². The number of ether oxygens (including phenoxy) is 2. The first-order valence-corrected chi connectivity index (χ1v) is 11.1. The number of primary sulfonamides is 1. The fourth-order valence-electron chi connectivity index (χ4n) is 2.84. The van der Waals surface area contributed by atoms with Gasteiger partial charge in [0, 0.05) is 18.2 Å². The van der Waals surface area contributed by atoms with Crippen LogP contribution in [0.3, 0.4) is 0 Å². The number of benzene rings is 2. The van der Waals surface area contributed by atoms with Crippen LogP contribution in [0.25, 0.3) is 10.2 Å². The lowest BCUT2D eigenvalue weighted by molar-refractivity contribution is 0.0997. The molecule has 2 aromatic carbocycles. The molecule has 0 radical (unpaired) electrons. The Morgan fingerprint density at radius 2 is 1.79 bits per heavy atom. The number of sulfonamides is 1. The van der Waals surface area contributed by atoms with Gasteiger partial charge in [0.05, 0.1) is 29.3 Å².